The average molecular weight is 216 g/mol. The molecule has 0 spiro atoms. The molecule has 0 rings (SSSR count). The summed E-state index contributed by atoms with van der Waals surface area (Å²) in [5.74, 6) is -0.841. The highest BCUT2D eigenvalue weighted by Gasteiger charge is 2.10. The van der Waals surface area contributed by atoms with E-state index < -0.39 is 5.97 Å². The van der Waals surface area contributed by atoms with Crippen LogP contribution in [-0.2, 0) is 9.59 Å². The molecule has 0 radical (unpaired) electrons. The highest BCUT2D eigenvalue weighted by atomic mass is 16.4. The van der Waals surface area contributed by atoms with Crippen molar-refractivity contribution in [2.45, 2.75) is 39.2 Å². The third-order valence-corrected chi connectivity index (χ3v) is 1.96. The van der Waals surface area contributed by atoms with Crippen molar-refractivity contribution in [1.82, 2.24) is 10.6 Å². The molecule has 0 aliphatic heterocycles. The Morgan fingerprint density at radius 1 is 1.33 bits per heavy atom. The molecule has 3 N–H and O–H groups in total. The Balaban J connectivity index is 3.50. The third-order valence-electron chi connectivity index (χ3n) is 1.96. The summed E-state index contributed by atoms with van der Waals surface area (Å²) in [5, 5.41) is 14.1. The molecule has 1 atom stereocenters. The Hall–Kier alpha value is -1.10. The van der Waals surface area contributed by atoms with Crippen molar-refractivity contribution in [3.8, 4) is 0 Å². The fourth-order valence-corrected chi connectivity index (χ4v) is 1.05. The number of rotatable bonds is 8. The second-order valence-electron chi connectivity index (χ2n) is 3.46. The van der Waals surface area contributed by atoms with Gasteiger partial charge in [-0.25, -0.2) is 0 Å². The fraction of sp³-hybridized carbons (Fsp3) is 0.800. The topological polar surface area (TPSA) is 78.4 Å². The highest BCUT2D eigenvalue weighted by Crippen LogP contribution is 1.89. The minimum absolute atomic E-state index is 0.0350. The molecule has 0 aromatic carbocycles. The predicted molar refractivity (Wildman–Crippen MR) is 57.6 cm³/mol. The highest BCUT2D eigenvalue weighted by molar-refractivity contribution is 5.81. The number of nitrogens with one attached hydrogen (secondary N) is 2. The molecule has 0 aromatic heterocycles. The van der Waals surface area contributed by atoms with Gasteiger partial charge in [0.05, 0.1) is 6.04 Å². The molecular weight excluding hydrogens is 196 g/mol. The van der Waals surface area contributed by atoms with E-state index in [0.29, 0.717) is 19.5 Å². The van der Waals surface area contributed by atoms with Gasteiger partial charge in [0, 0.05) is 13.0 Å². The van der Waals surface area contributed by atoms with Gasteiger partial charge in [0.1, 0.15) is 0 Å². The van der Waals surface area contributed by atoms with Gasteiger partial charge in [0.2, 0.25) is 5.91 Å². The fourth-order valence-electron chi connectivity index (χ4n) is 1.05. The van der Waals surface area contributed by atoms with Crippen LogP contribution in [0.3, 0.4) is 0 Å². The van der Waals surface area contributed by atoms with Gasteiger partial charge in [0.15, 0.2) is 0 Å². The lowest BCUT2D eigenvalue weighted by atomic mass is 10.2. The van der Waals surface area contributed by atoms with Gasteiger partial charge in [-0.2, -0.15) is 0 Å². The van der Waals surface area contributed by atoms with E-state index in [4.69, 9.17) is 5.11 Å². The molecule has 0 fully saturated rings. The summed E-state index contributed by atoms with van der Waals surface area (Å²) >= 11 is 0. The Bertz CT molecular complexity index is 207. The van der Waals surface area contributed by atoms with Crippen molar-refractivity contribution in [2.24, 2.45) is 0 Å². The molecule has 0 saturated heterocycles. The Labute approximate surface area is 90.2 Å². The van der Waals surface area contributed by atoms with E-state index in [2.05, 4.69) is 10.6 Å². The summed E-state index contributed by atoms with van der Waals surface area (Å²) in [5.41, 5.74) is 0. The van der Waals surface area contributed by atoms with Gasteiger partial charge < -0.3 is 15.7 Å². The monoisotopic (exact) mass is 216 g/mol. The average Bonchev–Trinajstić information content (AvgIpc) is 2.20. The molecule has 5 nitrogen and oxygen atoms in total. The Kier molecular flexibility index (Phi) is 7.62. The molecule has 0 aliphatic carbocycles. The second-order valence-corrected chi connectivity index (χ2v) is 3.46. The van der Waals surface area contributed by atoms with Crippen LogP contribution in [0.5, 0.6) is 0 Å². The first kappa shape index (κ1) is 13.9. The molecule has 0 aliphatic rings. The van der Waals surface area contributed by atoms with E-state index in [-0.39, 0.29) is 18.4 Å². The quantitative estimate of drug-likeness (QED) is 0.512. The summed E-state index contributed by atoms with van der Waals surface area (Å²) in [7, 11) is 0. The van der Waals surface area contributed by atoms with Crippen LogP contribution in [0, 0.1) is 0 Å². The van der Waals surface area contributed by atoms with Gasteiger partial charge >= 0.3 is 5.97 Å². The minimum Gasteiger partial charge on any atom is -0.481 e. The lowest BCUT2D eigenvalue weighted by molar-refractivity contribution is -0.137. The van der Waals surface area contributed by atoms with Gasteiger partial charge in [-0.05, 0) is 26.3 Å². The molecule has 1 amide bonds. The SMILES string of the molecule is CCCNC(=O)C(C)NCCCC(=O)O. The molecule has 0 heterocycles. The Morgan fingerprint density at radius 2 is 2.00 bits per heavy atom. The molecule has 5 heteroatoms. The summed E-state index contributed by atoms with van der Waals surface area (Å²) in [6.07, 6.45) is 1.59. The zero-order valence-corrected chi connectivity index (χ0v) is 9.38. The zero-order chi connectivity index (χ0) is 11.7. The molecular formula is C10H20N2O3. The van der Waals surface area contributed by atoms with Crippen LogP contribution in [0.4, 0.5) is 0 Å². The number of carboxylic acids is 1. The zero-order valence-electron chi connectivity index (χ0n) is 9.38. The number of amides is 1. The van der Waals surface area contributed by atoms with Crippen molar-refractivity contribution in [2.75, 3.05) is 13.1 Å². The number of carbonyl (C=O) groups is 2. The van der Waals surface area contributed by atoms with E-state index in [0.717, 1.165) is 6.42 Å². The maximum atomic E-state index is 11.3. The molecule has 15 heavy (non-hydrogen) atoms. The van der Waals surface area contributed by atoms with E-state index in [1.54, 1.807) is 6.92 Å². The number of carbonyl (C=O) groups excluding carboxylic acids is 1. The van der Waals surface area contributed by atoms with Crippen LogP contribution in [0.15, 0.2) is 0 Å². The smallest absolute Gasteiger partial charge is 0.303 e. The first-order chi connectivity index (χ1) is 7.07. The largest absolute Gasteiger partial charge is 0.481 e. The molecule has 0 saturated carbocycles. The number of carboxylic acid groups (broad SMARTS) is 1. The van der Waals surface area contributed by atoms with E-state index >= 15 is 0 Å². The molecule has 0 bridgehead atoms. The number of aliphatic carboxylic acids is 1. The molecule has 0 aromatic rings. The first-order valence-electron chi connectivity index (χ1n) is 5.30. The van der Waals surface area contributed by atoms with E-state index in [1.165, 1.54) is 0 Å². The minimum atomic E-state index is -0.806. The van der Waals surface area contributed by atoms with Crippen molar-refractivity contribution in [1.29, 1.82) is 0 Å². The molecule has 1 unspecified atom stereocenters. The van der Waals surface area contributed by atoms with Gasteiger partial charge in [-0.3, -0.25) is 9.59 Å². The standard InChI is InChI=1S/C10H20N2O3/c1-3-6-12-10(15)8(2)11-7-4-5-9(13)14/h8,11H,3-7H2,1-2H3,(H,12,15)(H,13,14). The first-order valence-corrected chi connectivity index (χ1v) is 5.30. The predicted octanol–water partition coefficient (Wildman–Crippen LogP) is 0.355. The van der Waals surface area contributed by atoms with Crippen LogP contribution in [0.25, 0.3) is 0 Å². The number of hydrogen-bond donors (Lipinski definition) is 3. The van der Waals surface area contributed by atoms with Crippen molar-refractivity contribution in [3.05, 3.63) is 0 Å². The lowest BCUT2D eigenvalue weighted by Gasteiger charge is -2.12. The number of hydrogen-bond acceptors (Lipinski definition) is 3. The van der Waals surface area contributed by atoms with Crippen LogP contribution < -0.4 is 10.6 Å². The summed E-state index contributed by atoms with van der Waals surface area (Å²) < 4.78 is 0. The van der Waals surface area contributed by atoms with Gasteiger partial charge in [-0.15, -0.1) is 0 Å². The maximum Gasteiger partial charge on any atom is 0.303 e. The maximum absolute atomic E-state index is 11.3. The van der Waals surface area contributed by atoms with Gasteiger partial charge in [0.25, 0.3) is 0 Å². The summed E-state index contributed by atoms with van der Waals surface area (Å²) in [6, 6.07) is -0.259. The van der Waals surface area contributed by atoms with Crippen LogP contribution >= 0.6 is 0 Å². The van der Waals surface area contributed by atoms with Crippen molar-refractivity contribution >= 4 is 11.9 Å². The summed E-state index contributed by atoms with van der Waals surface area (Å²) in [4.78, 5) is 21.6. The van der Waals surface area contributed by atoms with Gasteiger partial charge in [-0.1, -0.05) is 6.92 Å². The van der Waals surface area contributed by atoms with E-state index in [9.17, 15) is 9.59 Å². The van der Waals surface area contributed by atoms with Crippen molar-refractivity contribution < 1.29 is 14.7 Å². The molecule has 88 valence electrons. The summed E-state index contributed by atoms with van der Waals surface area (Å²) in [6.45, 7) is 4.99. The van der Waals surface area contributed by atoms with Crippen LogP contribution in [0.1, 0.15) is 33.1 Å². The van der Waals surface area contributed by atoms with Crippen molar-refractivity contribution in [3.63, 3.8) is 0 Å². The Morgan fingerprint density at radius 3 is 2.53 bits per heavy atom. The van der Waals surface area contributed by atoms with Crippen LogP contribution in [-0.4, -0.2) is 36.1 Å². The third kappa shape index (κ3) is 7.93. The van der Waals surface area contributed by atoms with Crippen LogP contribution in [0.2, 0.25) is 0 Å². The van der Waals surface area contributed by atoms with E-state index in [1.807, 2.05) is 6.92 Å². The normalized spacial score (nSPS) is 12.1. The second kappa shape index (κ2) is 8.23. The lowest BCUT2D eigenvalue weighted by Crippen LogP contribution is -2.42.